The van der Waals surface area contributed by atoms with Crippen LogP contribution < -0.4 is 15.5 Å². The molecule has 2 aliphatic heterocycles. The Kier molecular flexibility index (Phi) is 5.37. The van der Waals surface area contributed by atoms with Crippen LogP contribution in [0.5, 0.6) is 0 Å². The molecule has 4 heterocycles. The monoisotopic (exact) mass is 473 g/mol. The molecule has 2 aromatic heterocycles. The molecule has 7 nitrogen and oxygen atoms in total. The minimum absolute atomic E-state index is 0.0868. The zero-order valence-corrected chi connectivity index (χ0v) is 17.0. The standard InChI is InChI=1S/C20H17F6N5O2/c1-9-5-11(8-28-9)31(2)14-7-10(19(21,22)23)6-13(29-14)12-3-4-27-17-15(12)16(20(24,25)26)33-18(32)30-17/h3-4,6-7,11,16,28H,1,5,8H2,2H3,(H,27,30,32). The van der Waals surface area contributed by atoms with Crippen molar-refractivity contribution in [1.82, 2.24) is 15.3 Å². The Morgan fingerprint density at radius 2 is 1.94 bits per heavy atom. The molecule has 2 aliphatic rings. The highest BCUT2D eigenvalue weighted by molar-refractivity contribution is 5.89. The maximum atomic E-state index is 13.7. The number of alkyl halides is 6. The minimum atomic E-state index is -5.03. The second kappa shape index (κ2) is 7.81. The number of aromatic nitrogens is 2. The summed E-state index contributed by atoms with van der Waals surface area (Å²) >= 11 is 0. The molecule has 0 aromatic carbocycles. The van der Waals surface area contributed by atoms with Gasteiger partial charge in [0.15, 0.2) is 0 Å². The Balaban J connectivity index is 1.89. The highest BCUT2D eigenvalue weighted by Gasteiger charge is 2.49. The summed E-state index contributed by atoms with van der Waals surface area (Å²) in [5.74, 6) is -0.548. The van der Waals surface area contributed by atoms with E-state index in [0.29, 0.717) is 24.7 Å². The summed E-state index contributed by atoms with van der Waals surface area (Å²) in [6.07, 6.45) is -12.4. The van der Waals surface area contributed by atoms with E-state index in [1.54, 1.807) is 7.05 Å². The maximum absolute atomic E-state index is 13.7. The highest BCUT2D eigenvalue weighted by Crippen LogP contribution is 2.46. The number of ether oxygens (including phenoxy) is 1. The number of nitrogens with zero attached hydrogens (tertiary/aromatic N) is 3. The third kappa shape index (κ3) is 4.39. The van der Waals surface area contributed by atoms with Crippen LogP contribution in [-0.4, -0.2) is 41.9 Å². The van der Waals surface area contributed by atoms with Crippen molar-refractivity contribution >= 4 is 17.7 Å². The van der Waals surface area contributed by atoms with Gasteiger partial charge in [-0.25, -0.2) is 14.8 Å². The Morgan fingerprint density at radius 3 is 2.55 bits per heavy atom. The van der Waals surface area contributed by atoms with Crippen molar-refractivity contribution in [3.05, 3.63) is 47.8 Å². The predicted molar refractivity (Wildman–Crippen MR) is 105 cm³/mol. The maximum Gasteiger partial charge on any atom is 0.430 e. The number of hydrogen-bond acceptors (Lipinski definition) is 6. The van der Waals surface area contributed by atoms with Crippen molar-refractivity contribution in [1.29, 1.82) is 0 Å². The number of carbonyl (C=O) groups is 1. The number of anilines is 2. The molecule has 2 N–H and O–H groups in total. The SMILES string of the molecule is C=C1CC(N(C)c2cc(C(F)(F)F)cc(-c3ccnc4c3C(C(F)(F)F)OC(=O)N4)n2)CN1. The lowest BCUT2D eigenvalue weighted by Crippen LogP contribution is -2.35. The van der Waals surface area contributed by atoms with Crippen LogP contribution in [0.25, 0.3) is 11.3 Å². The number of halogens is 6. The Bertz CT molecular complexity index is 1120. The Morgan fingerprint density at radius 1 is 1.21 bits per heavy atom. The number of rotatable bonds is 3. The third-order valence-electron chi connectivity index (χ3n) is 5.39. The molecule has 1 saturated heterocycles. The molecule has 0 saturated carbocycles. The van der Waals surface area contributed by atoms with Gasteiger partial charge in [-0.3, -0.25) is 5.32 Å². The predicted octanol–water partition coefficient (Wildman–Crippen LogP) is 4.64. The van der Waals surface area contributed by atoms with E-state index in [9.17, 15) is 31.1 Å². The van der Waals surface area contributed by atoms with Crippen molar-refractivity contribution in [2.45, 2.75) is 30.9 Å². The Labute approximate surface area is 183 Å². The first-order valence-corrected chi connectivity index (χ1v) is 9.62. The molecule has 1 fully saturated rings. The molecular formula is C20H17F6N5O2. The molecule has 2 unspecified atom stereocenters. The van der Waals surface area contributed by atoms with Gasteiger partial charge < -0.3 is 15.0 Å². The topological polar surface area (TPSA) is 79.4 Å². The van der Waals surface area contributed by atoms with Gasteiger partial charge in [0.05, 0.1) is 22.9 Å². The molecule has 0 spiro atoms. The highest BCUT2D eigenvalue weighted by atomic mass is 19.4. The molecule has 2 aromatic rings. The van der Waals surface area contributed by atoms with Gasteiger partial charge >= 0.3 is 18.4 Å². The van der Waals surface area contributed by atoms with E-state index in [1.807, 2.05) is 0 Å². The number of nitrogens with one attached hydrogen (secondary N) is 2. The van der Waals surface area contributed by atoms with Crippen molar-refractivity contribution in [3.63, 3.8) is 0 Å². The van der Waals surface area contributed by atoms with Gasteiger partial charge in [-0.15, -0.1) is 0 Å². The summed E-state index contributed by atoms with van der Waals surface area (Å²) in [6, 6.07) is 2.34. The minimum Gasteiger partial charge on any atom is -0.431 e. The van der Waals surface area contributed by atoms with Crippen LogP contribution in [-0.2, 0) is 10.9 Å². The van der Waals surface area contributed by atoms with E-state index >= 15 is 0 Å². The third-order valence-corrected chi connectivity index (χ3v) is 5.39. The lowest BCUT2D eigenvalue weighted by Gasteiger charge is -2.29. The molecule has 0 radical (unpaired) electrons. The van der Waals surface area contributed by atoms with Crippen molar-refractivity contribution in [3.8, 4) is 11.3 Å². The number of cyclic esters (lactones) is 1. The first-order valence-electron chi connectivity index (χ1n) is 9.62. The molecule has 1 amide bonds. The van der Waals surface area contributed by atoms with E-state index in [0.717, 1.165) is 18.3 Å². The van der Waals surface area contributed by atoms with Crippen LogP contribution in [0.15, 0.2) is 36.7 Å². The van der Waals surface area contributed by atoms with Crippen molar-refractivity contribution in [2.24, 2.45) is 0 Å². The van der Waals surface area contributed by atoms with Gasteiger partial charge in [0.25, 0.3) is 0 Å². The van der Waals surface area contributed by atoms with Crippen molar-refractivity contribution in [2.75, 3.05) is 23.8 Å². The summed E-state index contributed by atoms with van der Waals surface area (Å²) in [5.41, 5.74) is -1.67. The zero-order chi connectivity index (χ0) is 24.1. The first-order chi connectivity index (χ1) is 15.3. The number of hydrogen-bond donors (Lipinski definition) is 2. The van der Waals surface area contributed by atoms with Gasteiger partial charge in [-0.1, -0.05) is 6.58 Å². The normalized spacial score (nSPS) is 20.6. The molecule has 33 heavy (non-hydrogen) atoms. The number of amides is 1. The van der Waals surface area contributed by atoms with Crippen LogP contribution in [0, 0.1) is 0 Å². The molecular weight excluding hydrogens is 456 g/mol. The molecule has 4 rings (SSSR count). The summed E-state index contributed by atoms with van der Waals surface area (Å²) in [6.45, 7) is 4.21. The smallest absolute Gasteiger partial charge is 0.430 e. The molecule has 176 valence electrons. The number of carbonyl (C=O) groups excluding carboxylic acids is 1. The Hall–Kier alpha value is -3.51. The molecule has 13 heteroatoms. The van der Waals surface area contributed by atoms with Gasteiger partial charge in [-0.2, -0.15) is 26.3 Å². The number of likely N-dealkylation sites (N-methyl/N-ethyl adjacent to an activating group) is 1. The van der Waals surface area contributed by atoms with Gasteiger partial charge in [-0.05, 0) is 18.2 Å². The number of fused-ring (bicyclic) bond motifs is 1. The average molecular weight is 473 g/mol. The fraction of sp³-hybridized carbons (Fsp3) is 0.350. The lowest BCUT2D eigenvalue weighted by molar-refractivity contribution is -0.206. The quantitative estimate of drug-likeness (QED) is 0.633. The summed E-state index contributed by atoms with van der Waals surface area (Å²) in [4.78, 5) is 21.1. The molecule has 2 atom stereocenters. The van der Waals surface area contributed by atoms with Gasteiger partial charge in [0.1, 0.15) is 11.6 Å². The summed E-state index contributed by atoms with van der Waals surface area (Å²) < 4.78 is 86.4. The van der Waals surface area contributed by atoms with E-state index in [-0.39, 0.29) is 23.1 Å². The van der Waals surface area contributed by atoms with E-state index in [4.69, 9.17) is 0 Å². The summed E-state index contributed by atoms with van der Waals surface area (Å²) in [5, 5.41) is 5.06. The average Bonchev–Trinajstić information content (AvgIpc) is 3.16. The fourth-order valence-electron chi connectivity index (χ4n) is 3.73. The molecule has 0 bridgehead atoms. The van der Waals surface area contributed by atoms with E-state index < -0.39 is 41.5 Å². The zero-order valence-electron chi connectivity index (χ0n) is 17.0. The first kappa shape index (κ1) is 22.7. The molecule has 0 aliphatic carbocycles. The van der Waals surface area contributed by atoms with Crippen LogP contribution in [0.4, 0.5) is 42.8 Å². The van der Waals surface area contributed by atoms with Crippen LogP contribution in [0.1, 0.15) is 23.7 Å². The second-order valence-corrected chi connectivity index (χ2v) is 7.62. The summed E-state index contributed by atoms with van der Waals surface area (Å²) in [7, 11) is 1.54. The van der Waals surface area contributed by atoms with Gasteiger partial charge in [0, 0.05) is 37.5 Å². The second-order valence-electron chi connectivity index (χ2n) is 7.62. The number of pyridine rings is 2. The van der Waals surface area contributed by atoms with Crippen LogP contribution >= 0.6 is 0 Å². The largest absolute Gasteiger partial charge is 0.431 e. The van der Waals surface area contributed by atoms with Crippen LogP contribution in [0.2, 0.25) is 0 Å². The fourth-order valence-corrected chi connectivity index (χ4v) is 3.73. The van der Waals surface area contributed by atoms with Crippen LogP contribution in [0.3, 0.4) is 0 Å². The van der Waals surface area contributed by atoms with E-state index in [1.165, 1.54) is 4.90 Å². The van der Waals surface area contributed by atoms with E-state index in [2.05, 4.69) is 31.9 Å². The lowest BCUT2D eigenvalue weighted by atomic mass is 9.98. The van der Waals surface area contributed by atoms with Crippen molar-refractivity contribution < 1.29 is 35.9 Å². The van der Waals surface area contributed by atoms with Gasteiger partial charge in [0.2, 0.25) is 6.10 Å².